The summed E-state index contributed by atoms with van der Waals surface area (Å²) in [7, 11) is -2.35. The van der Waals surface area contributed by atoms with Crippen LogP contribution >= 0.6 is 0 Å². The van der Waals surface area contributed by atoms with Crippen LogP contribution in [0.5, 0.6) is 5.75 Å². The summed E-state index contributed by atoms with van der Waals surface area (Å²) < 4.78 is 39.3. The Morgan fingerprint density at radius 1 is 1.12 bits per heavy atom. The third kappa shape index (κ3) is 5.73. The Kier molecular flexibility index (Phi) is 7.33. The van der Waals surface area contributed by atoms with Crippen molar-refractivity contribution in [3.8, 4) is 5.75 Å². The molecule has 0 spiro atoms. The zero-order chi connectivity index (χ0) is 23.4. The minimum Gasteiger partial charge on any atom is -0.497 e. The Morgan fingerprint density at radius 3 is 2.52 bits per heavy atom. The highest BCUT2D eigenvalue weighted by Crippen LogP contribution is 2.26. The quantitative estimate of drug-likeness (QED) is 0.535. The van der Waals surface area contributed by atoms with Gasteiger partial charge in [-0.3, -0.25) is 4.79 Å². The van der Waals surface area contributed by atoms with Gasteiger partial charge in [0.05, 0.1) is 43.3 Å². The Morgan fingerprint density at radius 2 is 1.85 bits per heavy atom. The van der Waals surface area contributed by atoms with E-state index in [4.69, 9.17) is 9.47 Å². The summed E-state index contributed by atoms with van der Waals surface area (Å²) in [5.74, 6) is 0.345. The molecular formula is C24H30N2O6S. The molecule has 4 rings (SSSR count). The highest BCUT2D eigenvalue weighted by Gasteiger charge is 2.35. The first-order valence-electron chi connectivity index (χ1n) is 11.2. The number of aliphatic hydroxyl groups excluding tert-OH is 1. The van der Waals surface area contributed by atoms with E-state index < -0.39 is 22.2 Å². The van der Waals surface area contributed by atoms with Gasteiger partial charge in [-0.15, -0.1) is 0 Å². The van der Waals surface area contributed by atoms with Crippen molar-refractivity contribution in [1.82, 2.24) is 10.0 Å². The van der Waals surface area contributed by atoms with E-state index in [1.54, 1.807) is 12.1 Å². The topological polar surface area (TPSA) is 114 Å². The number of rotatable bonds is 8. The van der Waals surface area contributed by atoms with Gasteiger partial charge < -0.3 is 19.9 Å². The number of fused-ring (bicyclic) bond motifs is 1. The molecule has 1 aliphatic heterocycles. The van der Waals surface area contributed by atoms with E-state index in [1.807, 2.05) is 12.1 Å². The predicted octanol–water partition coefficient (Wildman–Crippen LogP) is 1.56. The number of amides is 1. The molecule has 9 heteroatoms. The maximum Gasteiger partial charge on any atom is 0.241 e. The van der Waals surface area contributed by atoms with Gasteiger partial charge in [0.25, 0.3) is 0 Å². The van der Waals surface area contributed by atoms with Gasteiger partial charge in [-0.1, -0.05) is 30.3 Å². The number of aliphatic hydroxyl groups is 1. The SMILES string of the molecule is COc1cccc(S(=O)(=O)N[C@@H]2CC[C@H](CC(=O)NC3Cc4ccccc4C3)O[C@@H]2CO)c1. The Bertz CT molecular complexity index is 1060. The minimum atomic E-state index is -3.82. The second-order valence-electron chi connectivity index (χ2n) is 8.61. The average Bonchev–Trinajstić information content (AvgIpc) is 3.22. The molecule has 1 saturated heterocycles. The van der Waals surface area contributed by atoms with Gasteiger partial charge in [0.1, 0.15) is 5.75 Å². The van der Waals surface area contributed by atoms with Gasteiger partial charge in [0.15, 0.2) is 0 Å². The number of hydrogen-bond acceptors (Lipinski definition) is 6. The third-order valence-corrected chi connectivity index (χ3v) is 7.77. The van der Waals surface area contributed by atoms with Crippen LogP contribution in [-0.4, -0.2) is 57.4 Å². The summed E-state index contributed by atoms with van der Waals surface area (Å²) in [6.45, 7) is -0.346. The normalized spacial score (nSPS) is 23.2. The highest BCUT2D eigenvalue weighted by molar-refractivity contribution is 7.89. The molecule has 1 fully saturated rings. The smallest absolute Gasteiger partial charge is 0.241 e. The first-order chi connectivity index (χ1) is 15.9. The molecule has 178 valence electrons. The fraction of sp³-hybridized carbons (Fsp3) is 0.458. The minimum absolute atomic E-state index is 0.0783. The molecular weight excluding hydrogens is 444 g/mol. The summed E-state index contributed by atoms with van der Waals surface area (Å²) in [5, 5.41) is 12.9. The molecule has 2 aliphatic rings. The van der Waals surface area contributed by atoms with Crippen molar-refractivity contribution in [2.24, 2.45) is 0 Å². The number of carbonyl (C=O) groups is 1. The number of carbonyl (C=O) groups excluding carboxylic acids is 1. The fourth-order valence-corrected chi connectivity index (χ4v) is 5.94. The summed E-state index contributed by atoms with van der Waals surface area (Å²) in [4.78, 5) is 12.7. The molecule has 0 bridgehead atoms. The lowest BCUT2D eigenvalue weighted by molar-refractivity contribution is -0.131. The first-order valence-corrected chi connectivity index (χ1v) is 12.6. The fourth-order valence-electron chi connectivity index (χ4n) is 4.61. The molecule has 2 aromatic carbocycles. The molecule has 0 unspecified atom stereocenters. The molecule has 1 aliphatic carbocycles. The summed E-state index contributed by atoms with van der Waals surface area (Å²) in [6.07, 6.45) is 1.69. The van der Waals surface area contributed by atoms with Crippen LogP contribution in [0.25, 0.3) is 0 Å². The van der Waals surface area contributed by atoms with E-state index in [-0.39, 0.29) is 36.0 Å². The number of ether oxygens (including phenoxy) is 2. The third-order valence-electron chi connectivity index (χ3n) is 6.28. The number of methoxy groups -OCH3 is 1. The lowest BCUT2D eigenvalue weighted by atomic mass is 9.97. The lowest BCUT2D eigenvalue weighted by Crippen LogP contribution is -2.51. The van der Waals surface area contributed by atoms with Gasteiger partial charge in [-0.05, 0) is 48.9 Å². The molecule has 2 aromatic rings. The zero-order valence-electron chi connectivity index (χ0n) is 18.6. The number of hydrogen-bond donors (Lipinski definition) is 3. The van der Waals surface area contributed by atoms with Gasteiger partial charge in [-0.2, -0.15) is 0 Å². The van der Waals surface area contributed by atoms with Crippen molar-refractivity contribution in [2.45, 2.75) is 61.3 Å². The predicted molar refractivity (Wildman–Crippen MR) is 122 cm³/mol. The largest absolute Gasteiger partial charge is 0.497 e. The van der Waals surface area contributed by atoms with E-state index in [1.165, 1.54) is 30.4 Å². The summed E-state index contributed by atoms with van der Waals surface area (Å²) in [5.41, 5.74) is 2.53. The molecule has 0 radical (unpaired) electrons. The number of benzene rings is 2. The van der Waals surface area contributed by atoms with Crippen molar-refractivity contribution in [3.05, 3.63) is 59.7 Å². The number of nitrogens with one attached hydrogen (secondary N) is 2. The highest BCUT2D eigenvalue weighted by atomic mass is 32.2. The van der Waals surface area contributed by atoms with Crippen molar-refractivity contribution < 1.29 is 27.8 Å². The monoisotopic (exact) mass is 474 g/mol. The maximum atomic E-state index is 12.8. The van der Waals surface area contributed by atoms with Crippen molar-refractivity contribution in [1.29, 1.82) is 0 Å². The van der Waals surface area contributed by atoms with E-state index in [9.17, 15) is 18.3 Å². The lowest BCUT2D eigenvalue weighted by Gasteiger charge is -2.35. The van der Waals surface area contributed by atoms with Gasteiger partial charge >= 0.3 is 0 Å². The van der Waals surface area contributed by atoms with Crippen LogP contribution in [0.1, 0.15) is 30.4 Å². The van der Waals surface area contributed by atoms with Crippen LogP contribution in [0.15, 0.2) is 53.4 Å². The van der Waals surface area contributed by atoms with Crippen LogP contribution in [0, 0.1) is 0 Å². The van der Waals surface area contributed by atoms with Crippen LogP contribution in [-0.2, 0) is 32.4 Å². The standard InChI is InChI=1S/C24H30N2O6S/c1-31-19-7-4-8-21(13-19)33(29,30)26-22-10-9-20(32-23(22)15-27)14-24(28)25-18-11-16-5-2-3-6-17(16)12-18/h2-8,13,18,20,22-23,26-27H,9-12,14-15H2,1H3,(H,25,28)/t20-,22-,23-/m1/s1. The van der Waals surface area contributed by atoms with E-state index >= 15 is 0 Å². The van der Waals surface area contributed by atoms with E-state index in [2.05, 4.69) is 22.2 Å². The first kappa shape index (κ1) is 23.7. The molecule has 0 aromatic heterocycles. The van der Waals surface area contributed by atoms with Gasteiger partial charge in [0.2, 0.25) is 15.9 Å². The molecule has 3 atom stereocenters. The molecule has 0 saturated carbocycles. The van der Waals surface area contributed by atoms with Crippen LogP contribution in [0.4, 0.5) is 0 Å². The molecule has 1 heterocycles. The average molecular weight is 475 g/mol. The summed E-state index contributed by atoms with van der Waals surface area (Å²) >= 11 is 0. The van der Waals surface area contributed by atoms with Crippen LogP contribution in [0.3, 0.4) is 0 Å². The van der Waals surface area contributed by atoms with Crippen molar-refractivity contribution >= 4 is 15.9 Å². The van der Waals surface area contributed by atoms with Gasteiger partial charge in [0, 0.05) is 12.1 Å². The second-order valence-corrected chi connectivity index (χ2v) is 10.3. The Hall–Kier alpha value is -2.46. The molecule has 1 amide bonds. The molecule has 8 nitrogen and oxygen atoms in total. The zero-order valence-corrected chi connectivity index (χ0v) is 19.4. The number of sulfonamides is 1. The molecule has 3 N–H and O–H groups in total. The van der Waals surface area contributed by atoms with E-state index in [0.717, 1.165) is 12.8 Å². The second kappa shape index (κ2) is 10.2. The van der Waals surface area contributed by atoms with Crippen molar-refractivity contribution in [2.75, 3.05) is 13.7 Å². The Balaban J connectivity index is 1.30. The van der Waals surface area contributed by atoms with Crippen LogP contribution < -0.4 is 14.8 Å². The maximum absolute atomic E-state index is 12.8. The van der Waals surface area contributed by atoms with Gasteiger partial charge in [-0.25, -0.2) is 13.1 Å². The van der Waals surface area contributed by atoms with Crippen LogP contribution in [0.2, 0.25) is 0 Å². The van der Waals surface area contributed by atoms with Crippen molar-refractivity contribution in [3.63, 3.8) is 0 Å². The Labute approximate surface area is 194 Å². The molecule has 33 heavy (non-hydrogen) atoms. The van der Waals surface area contributed by atoms with E-state index in [0.29, 0.717) is 18.6 Å². The summed E-state index contributed by atoms with van der Waals surface area (Å²) in [6, 6.07) is 13.9.